The summed E-state index contributed by atoms with van der Waals surface area (Å²) in [6, 6.07) is 46.5. The number of Topliss-reactive ketones (excluding diaryl/α,β-unsaturated/α-hetero) is 2. The highest BCUT2D eigenvalue weighted by molar-refractivity contribution is 6.39. The summed E-state index contributed by atoms with van der Waals surface area (Å²) in [6.45, 7) is 11.0. The molecule has 2 heterocycles. The number of anilines is 4. The SMILES string of the molecule is Cc1cc(/C=C/c2ccccc2)c(N2/C(=C/C=C3C(=O)c4ccccc4C3=O)N(c3c(C(C)C)cccc3C(C)C)c3nc4ccccc4nc32)c(/C=C/c2ccccc2)c1. The van der Waals surface area contributed by atoms with Crippen molar-refractivity contribution in [1.29, 1.82) is 0 Å². The van der Waals surface area contributed by atoms with Gasteiger partial charge in [-0.15, -0.1) is 0 Å². The first-order valence-electron chi connectivity index (χ1n) is 20.9. The molecule has 7 aromatic rings. The zero-order valence-corrected chi connectivity index (χ0v) is 35.0. The van der Waals surface area contributed by atoms with Gasteiger partial charge in [-0.3, -0.25) is 19.4 Å². The van der Waals surface area contributed by atoms with E-state index < -0.39 is 0 Å². The van der Waals surface area contributed by atoms with Crippen molar-refractivity contribution in [2.75, 3.05) is 9.80 Å². The van der Waals surface area contributed by atoms with Crippen LogP contribution in [0.2, 0.25) is 0 Å². The van der Waals surface area contributed by atoms with E-state index >= 15 is 0 Å². The number of fused-ring (bicyclic) bond motifs is 3. The van der Waals surface area contributed by atoms with E-state index in [0.29, 0.717) is 28.6 Å². The van der Waals surface area contributed by atoms with Gasteiger partial charge in [0.2, 0.25) is 0 Å². The maximum Gasteiger partial charge on any atom is 0.197 e. The summed E-state index contributed by atoms with van der Waals surface area (Å²) < 4.78 is 0. The molecule has 0 radical (unpaired) electrons. The first-order chi connectivity index (χ1) is 29.7. The molecule has 61 heavy (non-hydrogen) atoms. The van der Waals surface area contributed by atoms with Crippen LogP contribution in [0.25, 0.3) is 35.3 Å². The minimum Gasteiger partial charge on any atom is -0.288 e. The lowest BCUT2D eigenvalue weighted by molar-refractivity contribution is 0.0988. The lowest BCUT2D eigenvalue weighted by atomic mass is 9.92. The van der Waals surface area contributed by atoms with Crippen molar-refractivity contribution in [3.63, 3.8) is 0 Å². The first-order valence-corrected chi connectivity index (χ1v) is 20.9. The molecule has 6 heteroatoms. The van der Waals surface area contributed by atoms with Crippen molar-refractivity contribution < 1.29 is 9.59 Å². The van der Waals surface area contributed by atoms with E-state index in [4.69, 9.17) is 9.97 Å². The zero-order valence-electron chi connectivity index (χ0n) is 35.0. The minimum absolute atomic E-state index is 0.120. The number of carbonyl (C=O) groups is 2. The highest BCUT2D eigenvalue weighted by Crippen LogP contribution is 2.53. The van der Waals surface area contributed by atoms with Crippen LogP contribution in [0.5, 0.6) is 0 Å². The smallest absolute Gasteiger partial charge is 0.197 e. The molecule has 1 aliphatic heterocycles. The zero-order chi connectivity index (χ0) is 42.2. The third kappa shape index (κ3) is 7.31. The van der Waals surface area contributed by atoms with Crippen molar-refractivity contribution in [3.05, 3.63) is 213 Å². The lowest BCUT2D eigenvalue weighted by Gasteiger charge is -2.31. The second kappa shape index (κ2) is 16.3. The summed E-state index contributed by atoms with van der Waals surface area (Å²) >= 11 is 0. The fraction of sp³-hybridized carbons (Fsp3) is 0.127. The van der Waals surface area contributed by atoms with Crippen molar-refractivity contribution in [3.8, 4) is 0 Å². The van der Waals surface area contributed by atoms with E-state index in [-0.39, 0.29) is 29.0 Å². The molecule has 0 spiro atoms. The summed E-state index contributed by atoms with van der Waals surface area (Å²) in [6.07, 6.45) is 12.2. The molecule has 9 rings (SSSR count). The first kappa shape index (κ1) is 39.0. The summed E-state index contributed by atoms with van der Waals surface area (Å²) in [5.41, 5.74) is 11.8. The average molecular weight is 795 g/mol. The monoisotopic (exact) mass is 794 g/mol. The standard InChI is InChI=1S/C55H46N4O2/c1-35(2)42-23-16-24-43(36(3)4)51(42)59-49(32-31-46-52(60)44-21-12-13-22-45(44)53(46)61)58(54-55(59)57-48-26-15-14-25-47(48)56-54)50-40(29-27-38-17-8-6-9-18-38)33-37(5)34-41(50)30-28-39-19-10-7-11-20-39/h6-36H,1-5H3/b29-27+,30-28+,49-32-. The van der Waals surface area contributed by atoms with E-state index in [9.17, 15) is 9.59 Å². The second-order valence-electron chi connectivity index (χ2n) is 16.2. The van der Waals surface area contributed by atoms with E-state index in [1.54, 1.807) is 30.3 Å². The van der Waals surface area contributed by atoms with Gasteiger partial charge in [-0.1, -0.05) is 167 Å². The molecule has 6 aromatic carbocycles. The number of allylic oxidation sites excluding steroid dienone is 3. The fourth-order valence-corrected chi connectivity index (χ4v) is 8.39. The Kier molecular flexibility index (Phi) is 10.4. The number of aromatic nitrogens is 2. The number of hydrogen-bond donors (Lipinski definition) is 0. The summed E-state index contributed by atoms with van der Waals surface area (Å²) in [5, 5.41) is 0. The van der Waals surface area contributed by atoms with Gasteiger partial charge in [0.05, 0.1) is 28.0 Å². The number of ketones is 2. The highest BCUT2D eigenvalue weighted by atomic mass is 16.2. The van der Waals surface area contributed by atoms with E-state index in [1.807, 2.05) is 66.7 Å². The lowest BCUT2D eigenvalue weighted by Crippen LogP contribution is -2.25. The van der Waals surface area contributed by atoms with E-state index in [0.717, 1.165) is 61.4 Å². The summed E-state index contributed by atoms with van der Waals surface area (Å²) in [4.78, 5) is 43.2. The molecule has 1 aromatic heterocycles. The molecule has 1 aliphatic carbocycles. The predicted molar refractivity (Wildman–Crippen MR) is 252 cm³/mol. The normalized spacial score (nSPS) is 14.5. The Morgan fingerprint density at radius 3 is 1.41 bits per heavy atom. The van der Waals surface area contributed by atoms with Crippen LogP contribution >= 0.6 is 0 Å². The molecule has 6 nitrogen and oxygen atoms in total. The Hall–Kier alpha value is -7.44. The molecule has 0 bridgehead atoms. The summed E-state index contributed by atoms with van der Waals surface area (Å²) in [7, 11) is 0. The van der Waals surface area contributed by atoms with E-state index in [1.165, 1.54) is 0 Å². The quantitative estimate of drug-likeness (QED) is 0.0824. The average Bonchev–Trinajstić information content (AvgIpc) is 3.71. The van der Waals surface area contributed by atoms with Crippen LogP contribution in [0.1, 0.15) is 99.2 Å². The number of rotatable bonds is 9. The van der Waals surface area contributed by atoms with Gasteiger partial charge >= 0.3 is 0 Å². The molecule has 0 saturated heterocycles. The Bertz CT molecular complexity index is 2840. The maximum atomic E-state index is 14.0. The van der Waals surface area contributed by atoms with Crippen molar-refractivity contribution in [1.82, 2.24) is 9.97 Å². The van der Waals surface area contributed by atoms with Gasteiger partial charge in [0, 0.05) is 11.1 Å². The predicted octanol–water partition coefficient (Wildman–Crippen LogP) is 13.7. The van der Waals surface area contributed by atoms with Crippen LogP contribution in [-0.2, 0) is 0 Å². The molecule has 0 fully saturated rings. The van der Waals surface area contributed by atoms with Crippen LogP contribution in [0, 0.1) is 6.92 Å². The number of carbonyl (C=O) groups excluding carboxylic acids is 2. The minimum atomic E-state index is -0.285. The van der Waals surface area contributed by atoms with Gasteiger partial charge in [0.15, 0.2) is 23.2 Å². The third-order valence-corrected chi connectivity index (χ3v) is 11.3. The molecule has 2 aliphatic rings. The number of aryl methyl sites for hydroxylation is 1. The van der Waals surface area contributed by atoms with Crippen LogP contribution in [-0.4, -0.2) is 21.5 Å². The number of benzene rings is 6. The number of hydrogen-bond acceptors (Lipinski definition) is 6. The molecular formula is C55H46N4O2. The molecule has 0 unspecified atom stereocenters. The van der Waals surface area contributed by atoms with Gasteiger partial charge in [0.1, 0.15) is 5.82 Å². The molecule has 0 N–H and O–H groups in total. The number of nitrogens with zero attached hydrogens (tertiary/aromatic N) is 4. The van der Waals surface area contributed by atoms with Gasteiger partial charge in [-0.25, -0.2) is 9.97 Å². The molecule has 0 amide bonds. The Balaban J connectivity index is 1.39. The Morgan fingerprint density at radius 1 is 0.492 bits per heavy atom. The molecular weight excluding hydrogens is 749 g/mol. The van der Waals surface area contributed by atoms with Gasteiger partial charge in [-0.05, 0) is 94.1 Å². The van der Waals surface area contributed by atoms with Crippen molar-refractivity contribution >= 4 is 69.9 Å². The highest BCUT2D eigenvalue weighted by Gasteiger charge is 2.41. The topological polar surface area (TPSA) is 66.4 Å². The number of para-hydroxylation sites is 3. The van der Waals surface area contributed by atoms with Crippen LogP contribution in [0.4, 0.5) is 23.0 Å². The van der Waals surface area contributed by atoms with Crippen LogP contribution in [0.3, 0.4) is 0 Å². The maximum absolute atomic E-state index is 14.0. The van der Waals surface area contributed by atoms with Crippen LogP contribution in [0.15, 0.2) is 163 Å². The third-order valence-electron chi connectivity index (χ3n) is 11.3. The molecule has 0 saturated carbocycles. The fourth-order valence-electron chi connectivity index (χ4n) is 8.39. The Labute approximate surface area is 357 Å². The molecule has 0 atom stereocenters. The van der Waals surface area contributed by atoms with Gasteiger partial charge in [-0.2, -0.15) is 0 Å². The summed E-state index contributed by atoms with van der Waals surface area (Å²) in [5.74, 6) is 1.72. The largest absolute Gasteiger partial charge is 0.288 e. The Morgan fingerprint density at radius 2 is 0.934 bits per heavy atom. The molecule has 298 valence electrons. The van der Waals surface area contributed by atoms with Crippen LogP contribution < -0.4 is 9.80 Å². The second-order valence-corrected chi connectivity index (χ2v) is 16.2. The van der Waals surface area contributed by atoms with Crippen molar-refractivity contribution in [2.24, 2.45) is 0 Å². The van der Waals surface area contributed by atoms with E-state index in [2.05, 4.69) is 123 Å². The van der Waals surface area contributed by atoms with Gasteiger partial charge < -0.3 is 0 Å². The van der Waals surface area contributed by atoms with Crippen molar-refractivity contribution in [2.45, 2.75) is 46.5 Å². The van der Waals surface area contributed by atoms with Gasteiger partial charge in [0.25, 0.3) is 0 Å².